The molecule has 1 aromatic carbocycles. The van der Waals surface area contributed by atoms with E-state index in [9.17, 15) is 18.4 Å². The summed E-state index contributed by atoms with van der Waals surface area (Å²) in [6, 6.07) is 5.12. The molecule has 0 radical (unpaired) electrons. The predicted molar refractivity (Wildman–Crippen MR) is 118 cm³/mol. The van der Waals surface area contributed by atoms with Crippen LogP contribution in [0.25, 0.3) is 21.3 Å². The van der Waals surface area contributed by atoms with Gasteiger partial charge >= 0.3 is 12.6 Å². The molecule has 2 N–H and O–H groups in total. The number of aryl methyl sites for hydroxylation is 1. The van der Waals surface area contributed by atoms with Crippen molar-refractivity contribution in [3.63, 3.8) is 0 Å². The molecule has 1 unspecified atom stereocenters. The lowest BCUT2D eigenvalue weighted by molar-refractivity contribution is -0.0486. The first-order valence-electron chi connectivity index (χ1n) is 10.5. The number of alkyl halides is 2. The topological polar surface area (TPSA) is 83.6 Å². The number of nitrogens with zero attached hydrogens (tertiary/aromatic N) is 1. The van der Waals surface area contributed by atoms with Crippen LogP contribution < -0.4 is 15.9 Å². The molecule has 9 heteroatoms. The number of carbonyl (C=O) groups is 1. The average molecular weight is 461 g/mol. The maximum atomic E-state index is 13.5. The minimum atomic E-state index is -3.07. The molecule has 2 aromatic heterocycles. The number of esters is 1. The molecule has 1 atom stereocenters. The maximum Gasteiger partial charge on any atom is 0.387 e. The largest absolute Gasteiger partial charge is 0.465 e. The summed E-state index contributed by atoms with van der Waals surface area (Å²) in [6.45, 7) is -3.07. The number of methoxy groups -OCH3 is 1. The first kappa shape index (κ1) is 21.1. The van der Waals surface area contributed by atoms with E-state index >= 15 is 0 Å². The van der Waals surface area contributed by atoms with Crippen molar-refractivity contribution >= 4 is 28.2 Å². The molecule has 2 aliphatic carbocycles. The van der Waals surface area contributed by atoms with Gasteiger partial charge in [-0.05, 0) is 55.9 Å². The van der Waals surface area contributed by atoms with Crippen molar-refractivity contribution in [3.8, 4) is 16.2 Å². The van der Waals surface area contributed by atoms with Crippen LogP contribution in [0.1, 0.15) is 58.6 Å². The fourth-order valence-electron chi connectivity index (χ4n) is 4.44. The molecule has 2 aliphatic rings. The Morgan fingerprint density at radius 3 is 2.72 bits per heavy atom. The van der Waals surface area contributed by atoms with E-state index in [4.69, 9.17) is 15.2 Å². The number of benzene rings is 1. The van der Waals surface area contributed by atoms with Gasteiger partial charge in [0, 0.05) is 33.6 Å². The van der Waals surface area contributed by atoms with E-state index < -0.39 is 18.0 Å². The quantitative estimate of drug-likeness (QED) is 0.554. The number of nitrogens with two attached hydrogens (primary N) is 1. The number of thiophene rings is 1. The summed E-state index contributed by atoms with van der Waals surface area (Å²) >= 11 is 1.48. The Morgan fingerprint density at radius 2 is 2.06 bits per heavy atom. The first-order valence-corrected chi connectivity index (χ1v) is 11.3. The molecule has 32 heavy (non-hydrogen) atoms. The van der Waals surface area contributed by atoms with Gasteiger partial charge in [-0.2, -0.15) is 8.78 Å². The maximum absolute atomic E-state index is 13.5. The van der Waals surface area contributed by atoms with Gasteiger partial charge in [0.2, 0.25) is 5.43 Å². The molecule has 0 aliphatic heterocycles. The molecule has 5 rings (SSSR count). The normalized spacial score (nSPS) is 18.1. The van der Waals surface area contributed by atoms with Gasteiger partial charge in [0.05, 0.1) is 18.0 Å². The van der Waals surface area contributed by atoms with Crippen molar-refractivity contribution in [1.82, 2.24) is 4.57 Å². The van der Waals surface area contributed by atoms with Crippen molar-refractivity contribution in [2.45, 2.75) is 50.8 Å². The molecule has 0 amide bonds. The van der Waals surface area contributed by atoms with Crippen LogP contribution in [0.4, 0.5) is 8.78 Å². The van der Waals surface area contributed by atoms with Crippen molar-refractivity contribution in [2.24, 2.45) is 5.73 Å². The highest BCUT2D eigenvalue weighted by molar-refractivity contribution is 7.15. The van der Waals surface area contributed by atoms with Crippen LogP contribution in [0.15, 0.2) is 29.2 Å². The molecule has 0 bridgehead atoms. The van der Waals surface area contributed by atoms with Crippen LogP contribution in [0.3, 0.4) is 0 Å². The first-order chi connectivity index (χ1) is 15.4. The Kier molecular flexibility index (Phi) is 5.25. The van der Waals surface area contributed by atoms with Crippen molar-refractivity contribution in [3.05, 3.63) is 50.6 Å². The SMILES string of the molecule is COC(=O)c1cn(C2CC2)c2c(OC(F)F)c(-c3cc4c(s3)C(N)CCC4)ccc2c1=O. The van der Waals surface area contributed by atoms with Crippen LogP contribution in [0, 0.1) is 0 Å². The van der Waals surface area contributed by atoms with Crippen molar-refractivity contribution in [2.75, 3.05) is 7.11 Å². The van der Waals surface area contributed by atoms with Crippen LogP contribution in [0.5, 0.6) is 5.75 Å². The molecular formula is C23H22F2N2O4S. The Bertz CT molecular complexity index is 1280. The van der Waals surface area contributed by atoms with E-state index in [1.54, 1.807) is 16.7 Å². The molecule has 2 heterocycles. The summed E-state index contributed by atoms with van der Waals surface area (Å²) in [5.74, 6) is -0.809. The highest BCUT2D eigenvalue weighted by Gasteiger charge is 2.31. The van der Waals surface area contributed by atoms with Gasteiger partial charge in [-0.25, -0.2) is 4.79 Å². The van der Waals surface area contributed by atoms with Gasteiger partial charge in [-0.3, -0.25) is 4.79 Å². The third-order valence-electron chi connectivity index (χ3n) is 6.10. The van der Waals surface area contributed by atoms with Gasteiger partial charge in [0.25, 0.3) is 0 Å². The number of fused-ring (bicyclic) bond motifs is 2. The summed E-state index contributed by atoms with van der Waals surface area (Å²) in [6.07, 6.45) is 5.82. The second-order valence-corrected chi connectivity index (χ2v) is 9.30. The zero-order chi connectivity index (χ0) is 22.6. The zero-order valence-corrected chi connectivity index (χ0v) is 18.2. The number of pyridine rings is 1. The van der Waals surface area contributed by atoms with Crippen molar-refractivity contribution in [1.29, 1.82) is 0 Å². The average Bonchev–Trinajstić information content (AvgIpc) is 3.52. The highest BCUT2D eigenvalue weighted by Crippen LogP contribution is 2.46. The fourth-order valence-corrected chi connectivity index (χ4v) is 5.71. The lowest BCUT2D eigenvalue weighted by atomic mass is 9.95. The number of carbonyl (C=O) groups excluding carboxylic acids is 1. The third-order valence-corrected chi connectivity index (χ3v) is 7.45. The van der Waals surface area contributed by atoms with Gasteiger partial charge in [0.15, 0.2) is 5.75 Å². The van der Waals surface area contributed by atoms with Gasteiger partial charge in [-0.15, -0.1) is 11.3 Å². The fraction of sp³-hybridized carbons (Fsp3) is 0.391. The van der Waals surface area contributed by atoms with Gasteiger partial charge in [-0.1, -0.05) is 0 Å². The second kappa shape index (κ2) is 7.97. The van der Waals surface area contributed by atoms with E-state index in [1.165, 1.54) is 24.6 Å². The molecule has 1 fully saturated rings. The van der Waals surface area contributed by atoms with E-state index in [1.807, 2.05) is 6.07 Å². The predicted octanol–water partition coefficient (Wildman–Crippen LogP) is 4.79. The van der Waals surface area contributed by atoms with Crippen LogP contribution in [-0.2, 0) is 11.2 Å². The minimum absolute atomic E-state index is 0.00161. The molecule has 1 saturated carbocycles. The lowest BCUT2D eigenvalue weighted by Crippen LogP contribution is -2.20. The molecule has 6 nitrogen and oxygen atoms in total. The van der Waals surface area contributed by atoms with E-state index in [0.717, 1.165) is 47.4 Å². The monoisotopic (exact) mass is 460 g/mol. The molecule has 0 spiro atoms. The van der Waals surface area contributed by atoms with Gasteiger partial charge in [0.1, 0.15) is 5.56 Å². The number of halogens is 2. The molecule has 168 valence electrons. The Labute approximate surface area is 186 Å². The van der Waals surface area contributed by atoms with E-state index in [0.29, 0.717) is 5.56 Å². The number of aromatic nitrogens is 1. The number of ether oxygens (including phenoxy) is 2. The Hall–Kier alpha value is -2.78. The molecular weight excluding hydrogens is 438 g/mol. The summed E-state index contributed by atoms with van der Waals surface area (Å²) in [5, 5.41) is 0.150. The lowest BCUT2D eigenvalue weighted by Gasteiger charge is -2.18. The standard InChI is InChI=1S/C23H22F2N2O4S/c1-30-22(29)15-10-27(12-5-6-12)18-14(19(15)28)8-7-13(20(18)31-23(24)25)17-9-11-3-2-4-16(26)21(11)32-17/h7-10,12,16,23H,2-6,26H2,1H3. The summed E-state index contributed by atoms with van der Waals surface area (Å²) in [7, 11) is 1.20. The minimum Gasteiger partial charge on any atom is -0.465 e. The van der Waals surface area contributed by atoms with Crippen LogP contribution >= 0.6 is 11.3 Å². The third kappa shape index (κ3) is 3.49. The summed E-state index contributed by atoms with van der Waals surface area (Å²) < 4.78 is 38.6. The van der Waals surface area contributed by atoms with E-state index in [2.05, 4.69) is 0 Å². The Balaban J connectivity index is 1.79. The number of hydrogen-bond donors (Lipinski definition) is 1. The van der Waals surface area contributed by atoms with Crippen LogP contribution in [-0.4, -0.2) is 24.3 Å². The van der Waals surface area contributed by atoms with E-state index in [-0.39, 0.29) is 34.3 Å². The summed E-state index contributed by atoms with van der Waals surface area (Å²) in [5.41, 5.74) is 7.47. The molecule has 0 saturated heterocycles. The van der Waals surface area contributed by atoms with Crippen molar-refractivity contribution < 1.29 is 23.0 Å². The highest BCUT2D eigenvalue weighted by atomic mass is 32.1. The zero-order valence-electron chi connectivity index (χ0n) is 17.4. The van der Waals surface area contributed by atoms with Gasteiger partial charge < -0.3 is 19.8 Å². The number of rotatable bonds is 5. The van der Waals surface area contributed by atoms with Crippen LogP contribution in [0.2, 0.25) is 0 Å². The summed E-state index contributed by atoms with van der Waals surface area (Å²) in [4.78, 5) is 27.1. The molecule has 3 aromatic rings. The smallest absolute Gasteiger partial charge is 0.387 e. The second-order valence-electron chi connectivity index (χ2n) is 8.22. The number of hydrogen-bond acceptors (Lipinski definition) is 6. The Morgan fingerprint density at radius 1 is 1.28 bits per heavy atom.